The fraction of sp³-hybridized carbons (Fsp3) is 0.333. The number of carbonyl (C=O) groups excluding carboxylic acids is 1. The van der Waals surface area contributed by atoms with Crippen LogP contribution in [0.1, 0.15) is 16.1 Å². The van der Waals surface area contributed by atoms with Crippen LogP contribution >= 0.6 is 0 Å². The van der Waals surface area contributed by atoms with Gasteiger partial charge in [0.2, 0.25) is 0 Å². The Hall–Kier alpha value is -1.42. The highest BCUT2D eigenvalue weighted by Gasteiger charge is 2.07. The molecule has 1 heterocycles. The van der Waals surface area contributed by atoms with Crippen LogP contribution in [0.15, 0.2) is 18.3 Å². The van der Waals surface area contributed by atoms with Crippen LogP contribution in [0.4, 0.5) is 0 Å². The molecule has 13 heavy (non-hydrogen) atoms. The van der Waals surface area contributed by atoms with E-state index < -0.39 is 0 Å². The Morgan fingerprint density at radius 1 is 1.69 bits per heavy atom. The predicted molar refractivity (Wildman–Crippen MR) is 48.4 cm³/mol. The first-order chi connectivity index (χ1) is 6.25. The summed E-state index contributed by atoms with van der Waals surface area (Å²) in [5, 5.41) is 11.0. The summed E-state index contributed by atoms with van der Waals surface area (Å²) < 4.78 is 0. The Bertz CT molecular complexity index is 299. The number of nitrogens with zero attached hydrogens (tertiary/aromatic N) is 1. The van der Waals surface area contributed by atoms with Gasteiger partial charge in [-0.05, 0) is 18.6 Å². The number of hydrogen-bond donors (Lipinski definition) is 2. The number of aryl methyl sites for hydroxylation is 1. The SMILES string of the molecule is Cc1cccnc1C(=O)NCCO. The lowest BCUT2D eigenvalue weighted by molar-refractivity contribution is 0.0939. The second-order valence-electron chi connectivity index (χ2n) is 2.65. The lowest BCUT2D eigenvalue weighted by Crippen LogP contribution is -2.27. The summed E-state index contributed by atoms with van der Waals surface area (Å²) in [7, 11) is 0. The second-order valence-corrected chi connectivity index (χ2v) is 2.65. The molecule has 1 rings (SSSR count). The summed E-state index contributed by atoms with van der Waals surface area (Å²) in [5.41, 5.74) is 1.24. The maximum absolute atomic E-state index is 11.3. The summed E-state index contributed by atoms with van der Waals surface area (Å²) in [6, 6.07) is 3.60. The van der Waals surface area contributed by atoms with Crippen molar-refractivity contribution in [1.29, 1.82) is 0 Å². The molecule has 70 valence electrons. The molecule has 0 saturated carbocycles. The largest absolute Gasteiger partial charge is 0.395 e. The molecule has 2 N–H and O–H groups in total. The summed E-state index contributed by atoms with van der Waals surface area (Å²) >= 11 is 0. The third-order valence-corrected chi connectivity index (χ3v) is 1.62. The van der Waals surface area contributed by atoms with Gasteiger partial charge in [-0.1, -0.05) is 6.07 Å². The number of aromatic nitrogens is 1. The molecule has 0 aliphatic rings. The van der Waals surface area contributed by atoms with Crippen molar-refractivity contribution in [2.24, 2.45) is 0 Å². The minimum absolute atomic E-state index is 0.0579. The zero-order valence-corrected chi connectivity index (χ0v) is 7.45. The van der Waals surface area contributed by atoms with Crippen molar-refractivity contribution >= 4 is 5.91 Å². The normalized spacial score (nSPS) is 9.69. The molecule has 1 aromatic heterocycles. The van der Waals surface area contributed by atoms with E-state index >= 15 is 0 Å². The molecule has 0 unspecified atom stereocenters. The third kappa shape index (κ3) is 2.52. The number of carbonyl (C=O) groups is 1. The van der Waals surface area contributed by atoms with Crippen molar-refractivity contribution in [3.05, 3.63) is 29.6 Å². The van der Waals surface area contributed by atoms with Crippen LogP contribution < -0.4 is 5.32 Å². The molecule has 0 saturated heterocycles. The molecule has 4 nitrogen and oxygen atoms in total. The average Bonchev–Trinajstić information content (AvgIpc) is 2.15. The van der Waals surface area contributed by atoms with Crippen LogP contribution in [0.2, 0.25) is 0 Å². The van der Waals surface area contributed by atoms with Gasteiger partial charge in [-0.15, -0.1) is 0 Å². The molecule has 0 aliphatic heterocycles. The van der Waals surface area contributed by atoms with E-state index in [0.29, 0.717) is 5.69 Å². The molecule has 4 heteroatoms. The van der Waals surface area contributed by atoms with E-state index in [9.17, 15) is 4.79 Å². The van der Waals surface area contributed by atoms with Crippen LogP contribution in [-0.4, -0.2) is 29.1 Å². The average molecular weight is 180 g/mol. The minimum atomic E-state index is -0.243. The highest BCUT2D eigenvalue weighted by Crippen LogP contribution is 2.01. The van der Waals surface area contributed by atoms with E-state index in [4.69, 9.17) is 5.11 Å². The lowest BCUT2D eigenvalue weighted by atomic mass is 10.2. The molecular weight excluding hydrogens is 168 g/mol. The van der Waals surface area contributed by atoms with Gasteiger partial charge in [-0.3, -0.25) is 9.78 Å². The van der Waals surface area contributed by atoms with Crippen molar-refractivity contribution in [2.75, 3.05) is 13.2 Å². The van der Waals surface area contributed by atoms with Gasteiger partial charge < -0.3 is 10.4 Å². The Balaban J connectivity index is 2.71. The zero-order chi connectivity index (χ0) is 9.68. The Morgan fingerprint density at radius 2 is 2.46 bits per heavy atom. The van der Waals surface area contributed by atoms with Gasteiger partial charge in [-0.2, -0.15) is 0 Å². The number of hydrogen-bond acceptors (Lipinski definition) is 3. The first-order valence-electron chi connectivity index (χ1n) is 4.06. The summed E-state index contributed by atoms with van der Waals surface area (Å²) in [6.07, 6.45) is 1.57. The number of rotatable bonds is 3. The van der Waals surface area contributed by atoms with Crippen LogP contribution in [-0.2, 0) is 0 Å². The van der Waals surface area contributed by atoms with Crippen molar-refractivity contribution in [3.63, 3.8) is 0 Å². The smallest absolute Gasteiger partial charge is 0.270 e. The van der Waals surface area contributed by atoms with Gasteiger partial charge in [0.05, 0.1) is 6.61 Å². The minimum Gasteiger partial charge on any atom is -0.395 e. The van der Waals surface area contributed by atoms with E-state index in [1.54, 1.807) is 12.3 Å². The summed E-state index contributed by atoms with van der Waals surface area (Å²) in [5.74, 6) is -0.243. The molecule has 1 aromatic rings. The quantitative estimate of drug-likeness (QED) is 0.694. The number of amides is 1. The van der Waals surface area contributed by atoms with Gasteiger partial charge in [0.15, 0.2) is 0 Å². The van der Waals surface area contributed by atoms with Crippen LogP contribution in [0, 0.1) is 6.92 Å². The van der Waals surface area contributed by atoms with E-state index in [0.717, 1.165) is 5.56 Å². The number of aliphatic hydroxyl groups is 1. The highest BCUT2D eigenvalue weighted by atomic mass is 16.3. The molecule has 0 radical (unpaired) electrons. The van der Waals surface area contributed by atoms with Crippen LogP contribution in [0.5, 0.6) is 0 Å². The maximum atomic E-state index is 11.3. The second kappa shape index (κ2) is 4.57. The van der Waals surface area contributed by atoms with Crippen LogP contribution in [0.3, 0.4) is 0 Å². The van der Waals surface area contributed by atoms with E-state index in [1.165, 1.54) is 0 Å². The number of nitrogens with one attached hydrogen (secondary N) is 1. The first-order valence-corrected chi connectivity index (χ1v) is 4.06. The number of pyridine rings is 1. The number of aliphatic hydroxyl groups excluding tert-OH is 1. The van der Waals surface area contributed by atoms with Gasteiger partial charge in [0, 0.05) is 12.7 Å². The van der Waals surface area contributed by atoms with Gasteiger partial charge in [0.1, 0.15) is 5.69 Å². The van der Waals surface area contributed by atoms with Gasteiger partial charge in [-0.25, -0.2) is 0 Å². The summed E-state index contributed by atoms with van der Waals surface area (Å²) in [6.45, 7) is 2.02. The fourth-order valence-electron chi connectivity index (χ4n) is 0.977. The third-order valence-electron chi connectivity index (χ3n) is 1.62. The van der Waals surface area contributed by atoms with E-state index in [2.05, 4.69) is 10.3 Å². The van der Waals surface area contributed by atoms with Crippen molar-refractivity contribution < 1.29 is 9.90 Å². The molecule has 0 atom stereocenters. The topological polar surface area (TPSA) is 62.2 Å². The lowest BCUT2D eigenvalue weighted by Gasteiger charge is -2.04. The molecule has 0 bridgehead atoms. The van der Waals surface area contributed by atoms with Crippen molar-refractivity contribution in [2.45, 2.75) is 6.92 Å². The van der Waals surface area contributed by atoms with E-state index in [1.807, 2.05) is 13.0 Å². The maximum Gasteiger partial charge on any atom is 0.270 e. The van der Waals surface area contributed by atoms with Gasteiger partial charge >= 0.3 is 0 Å². The molecular formula is C9H12N2O2. The Labute approximate surface area is 76.6 Å². The molecule has 0 fully saturated rings. The van der Waals surface area contributed by atoms with Crippen molar-refractivity contribution in [3.8, 4) is 0 Å². The highest BCUT2D eigenvalue weighted by molar-refractivity contribution is 5.93. The standard InChI is InChI=1S/C9H12N2O2/c1-7-3-2-4-10-8(7)9(13)11-5-6-12/h2-4,12H,5-6H2,1H3,(H,11,13). The van der Waals surface area contributed by atoms with Crippen molar-refractivity contribution in [1.82, 2.24) is 10.3 Å². The Kier molecular flexibility index (Phi) is 3.40. The first kappa shape index (κ1) is 9.67. The fourth-order valence-corrected chi connectivity index (χ4v) is 0.977. The monoisotopic (exact) mass is 180 g/mol. The molecule has 1 amide bonds. The predicted octanol–water partition coefficient (Wildman–Crippen LogP) is 0.112. The summed E-state index contributed by atoms with van der Waals surface area (Å²) in [4.78, 5) is 15.3. The van der Waals surface area contributed by atoms with Gasteiger partial charge in [0.25, 0.3) is 5.91 Å². The molecule has 0 aromatic carbocycles. The zero-order valence-electron chi connectivity index (χ0n) is 7.45. The van der Waals surface area contributed by atoms with Crippen LogP contribution in [0.25, 0.3) is 0 Å². The Morgan fingerprint density at radius 3 is 3.08 bits per heavy atom. The molecule has 0 aliphatic carbocycles. The molecule has 0 spiro atoms. The van der Waals surface area contributed by atoms with E-state index in [-0.39, 0.29) is 19.1 Å².